The Bertz CT molecular complexity index is 929. The highest BCUT2D eigenvalue weighted by Crippen LogP contribution is 2.20. The molecule has 1 saturated heterocycles. The van der Waals surface area contributed by atoms with Crippen LogP contribution in [0.5, 0.6) is 0 Å². The van der Waals surface area contributed by atoms with Crippen LogP contribution in [0, 0.1) is 0 Å². The summed E-state index contributed by atoms with van der Waals surface area (Å²) in [6.45, 7) is 2.73. The lowest BCUT2D eigenvalue weighted by molar-refractivity contribution is -0.133. The van der Waals surface area contributed by atoms with E-state index in [0.717, 1.165) is 18.4 Å². The molecule has 31 heavy (non-hydrogen) atoms. The lowest BCUT2D eigenvalue weighted by atomic mass is 10.1. The van der Waals surface area contributed by atoms with Gasteiger partial charge in [-0.25, -0.2) is 0 Å². The minimum atomic E-state index is -0.272. The minimum absolute atomic E-state index is 0.0139. The Labute approximate surface area is 183 Å². The Hall–Kier alpha value is -3.19. The molecular formula is C24H30N4O3. The molecular weight excluding hydrogens is 392 g/mol. The highest BCUT2D eigenvalue weighted by atomic mass is 16.2. The minimum Gasteiger partial charge on any atom is -0.347 e. The van der Waals surface area contributed by atoms with E-state index in [1.807, 2.05) is 42.2 Å². The number of para-hydroxylation sites is 1. The second kappa shape index (κ2) is 10.2. The van der Waals surface area contributed by atoms with E-state index in [9.17, 15) is 14.4 Å². The first-order valence-electron chi connectivity index (χ1n) is 10.6. The zero-order valence-corrected chi connectivity index (χ0v) is 18.3. The van der Waals surface area contributed by atoms with Crippen LogP contribution in [0.2, 0.25) is 0 Å². The van der Waals surface area contributed by atoms with E-state index >= 15 is 0 Å². The Morgan fingerprint density at radius 1 is 1.06 bits per heavy atom. The molecule has 0 bridgehead atoms. The van der Waals surface area contributed by atoms with E-state index in [2.05, 4.69) is 10.6 Å². The van der Waals surface area contributed by atoms with Gasteiger partial charge in [0.25, 0.3) is 5.91 Å². The van der Waals surface area contributed by atoms with Crippen molar-refractivity contribution >= 4 is 23.4 Å². The van der Waals surface area contributed by atoms with Gasteiger partial charge in [-0.2, -0.15) is 0 Å². The summed E-state index contributed by atoms with van der Waals surface area (Å²) >= 11 is 0. The van der Waals surface area contributed by atoms with E-state index in [-0.39, 0.29) is 36.3 Å². The summed E-state index contributed by atoms with van der Waals surface area (Å²) in [6.07, 6.45) is 1.63. The predicted molar refractivity (Wildman–Crippen MR) is 121 cm³/mol. The summed E-state index contributed by atoms with van der Waals surface area (Å²) in [4.78, 5) is 41.4. The van der Waals surface area contributed by atoms with Gasteiger partial charge in [0.15, 0.2) is 0 Å². The fourth-order valence-corrected chi connectivity index (χ4v) is 3.86. The average molecular weight is 423 g/mol. The van der Waals surface area contributed by atoms with Crippen LogP contribution in [0.3, 0.4) is 0 Å². The SMILES string of the molecule is CC(NC(=O)c1ccccc1NC(=O)CN1CCCC1C(=O)N(C)C)c1ccccc1. The molecule has 1 aliphatic heterocycles. The van der Waals surface area contributed by atoms with E-state index < -0.39 is 0 Å². The van der Waals surface area contributed by atoms with Crippen LogP contribution in [0.1, 0.15) is 41.7 Å². The Kier molecular flexibility index (Phi) is 7.41. The molecule has 2 aromatic rings. The van der Waals surface area contributed by atoms with Crippen molar-refractivity contribution < 1.29 is 14.4 Å². The Balaban J connectivity index is 1.65. The maximum Gasteiger partial charge on any atom is 0.253 e. The number of rotatable bonds is 7. The largest absolute Gasteiger partial charge is 0.347 e. The molecule has 0 radical (unpaired) electrons. The van der Waals surface area contributed by atoms with E-state index in [4.69, 9.17) is 0 Å². The van der Waals surface area contributed by atoms with Crippen molar-refractivity contribution in [3.63, 3.8) is 0 Å². The van der Waals surface area contributed by atoms with Crippen LogP contribution in [-0.4, -0.2) is 60.7 Å². The molecule has 2 N–H and O–H groups in total. The monoisotopic (exact) mass is 422 g/mol. The number of nitrogens with zero attached hydrogens (tertiary/aromatic N) is 2. The van der Waals surface area contributed by atoms with E-state index in [0.29, 0.717) is 17.8 Å². The summed E-state index contributed by atoms with van der Waals surface area (Å²) in [5, 5.41) is 5.84. The Morgan fingerprint density at radius 2 is 1.74 bits per heavy atom. The van der Waals surface area contributed by atoms with Crippen LogP contribution in [0.4, 0.5) is 5.69 Å². The van der Waals surface area contributed by atoms with Gasteiger partial charge in [0.2, 0.25) is 11.8 Å². The van der Waals surface area contributed by atoms with Gasteiger partial charge < -0.3 is 15.5 Å². The fraction of sp³-hybridized carbons (Fsp3) is 0.375. The molecule has 7 heteroatoms. The van der Waals surface area contributed by atoms with Gasteiger partial charge in [0.1, 0.15) is 0 Å². The molecule has 2 aromatic carbocycles. The van der Waals surface area contributed by atoms with Crippen molar-refractivity contribution in [1.29, 1.82) is 0 Å². The molecule has 1 aliphatic rings. The highest BCUT2D eigenvalue weighted by Gasteiger charge is 2.32. The number of amides is 3. The number of carbonyl (C=O) groups excluding carboxylic acids is 3. The number of carbonyl (C=O) groups is 3. The molecule has 2 atom stereocenters. The number of likely N-dealkylation sites (tertiary alicyclic amines) is 1. The zero-order chi connectivity index (χ0) is 22.4. The van der Waals surface area contributed by atoms with Crippen molar-refractivity contribution in [2.24, 2.45) is 0 Å². The maximum absolute atomic E-state index is 12.9. The zero-order valence-electron chi connectivity index (χ0n) is 18.3. The standard InChI is InChI=1S/C24H30N4O3/c1-17(18-10-5-4-6-11-18)25-23(30)19-12-7-8-13-20(19)26-22(29)16-28-15-9-14-21(28)24(31)27(2)3/h4-8,10-13,17,21H,9,14-16H2,1-3H3,(H,25,30)(H,26,29). The maximum atomic E-state index is 12.9. The average Bonchev–Trinajstić information content (AvgIpc) is 3.21. The van der Waals surface area contributed by atoms with E-state index in [1.54, 1.807) is 43.3 Å². The fourth-order valence-electron chi connectivity index (χ4n) is 3.86. The van der Waals surface area contributed by atoms with Crippen LogP contribution in [0.25, 0.3) is 0 Å². The molecule has 164 valence electrons. The molecule has 7 nitrogen and oxygen atoms in total. The van der Waals surface area contributed by atoms with Gasteiger partial charge in [-0.15, -0.1) is 0 Å². The number of likely N-dealkylation sites (N-methyl/N-ethyl adjacent to an activating group) is 1. The number of nitrogens with one attached hydrogen (secondary N) is 2. The van der Waals surface area contributed by atoms with Crippen LogP contribution < -0.4 is 10.6 Å². The third kappa shape index (κ3) is 5.70. The van der Waals surface area contributed by atoms with Gasteiger partial charge in [0.05, 0.1) is 29.9 Å². The molecule has 0 aromatic heterocycles. The molecule has 1 heterocycles. The molecule has 3 amide bonds. The number of anilines is 1. The van der Waals surface area contributed by atoms with Crippen LogP contribution in [0.15, 0.2) is 54.6 Å². The van der Waals surface area contributed by atoms with Crippen molar-refractivity contribution in [2.75, 3.05) is 32.5 Å². The van der Waals surface area contributed by atoms with Crippen molar-refractivity contribution in [1.82, 2.24) is 15.1 Å². The first-order valence-corrected chi connectivity index (χ1v) is 10.6. The van der Waals surface area contributed by atoms with Crippen molar-refractivity contribution in [3.05, 3.63) is 65.7 Å². The van der Waals surface area contributed by atoms with Crippen molar-refractivity contribution in [3.8, 4) is 0 Å². The van der Waals surface area contributed by atoms with Crippen LogP contribution in [-0.2, 0) is 9.59 Å². The van der Waals surface area contributed by atoms with Crippen molar-refractivity contribution in [2.45, 2.75) is 31.8 Å². The lowest BCUT2D eigenvalue weighted by Crippen LogP contribution is -2.45. The number of hydrogen-bond donors (Lipinski definition) is 2. The van der Waals surface area contributed by atoms with Gasteiger partial charge >= 0.3 is 0 Å². The summed E-state index contributed by atoms with van der Waals surface area (Å²) in [5.74, 6) is -0.483. The van der Waals surface area contributed by atoms with Gasteiger partial charge in [-0.05, 0) is 44.0 Å². The third-order valence-corrected chi connectivity index (χ3v) is 5.53. The smallest absolute Gasteiger partial charge is 0.253 e. The quantitative estimate of drug-likeness (QED) is 0.719. The summed E-state index contributed by atoms with van der Waals surface area (Å²) in [6, 6.07) is 16.2. The first kappa shape index (κ1) is 22.5. The summed E-state index contributed by atoms with van der Waals surface area (Å²) in [7, 11) is 3.45. The topological polar surface area (TPSA) is 81.8 Å². The van der Waals surface area contributed by atoms with Gasteiger partial charge in [-0.3, -0.25) is 19.3 Å². The summed E-state index contributed by atoms with van der Waals surface area (Å²) in [5.41, 5.74) is 1.86. The number of hydrogen-bond acceptors (Lipinski definition) is 4. The van der Waals surface area contributed by atoms with Gasteiger partial charge in [0, 0.05) is 14.1 Å². The number of benzene rings is 2. The Morgan fingerprint density at radius 3 is 2.45 bits per heavy atom. The lowest BCUT2D eigenvalue weighted by Gasteiger charge is -2.25. The predicted octanol–water partition coefficient (Wildman–Crippen LogP) is 2.67. The molecule has 2 unspecified atom stereocenters. The third-order valence-electron chi connectivity index (χ3n) is 5.53. The first-order chi connectivity index (χ1) is 14.9. The van der Waals surface area contributed by atoms with E-state index in [1.165, 1.54) is 0 Å². The summed E-state index contributed by atoms with van der Waals surface area (Å²) < 4.78 is 0. The molecule has 0 saturated carbocycles. The molecule has 3 rings (SSSR count). The molecule has 0 spiro atoms. The van der Waals surface area contributed by atoms with Gasteiger partial charge in [-0.1, -0.05) is 42.5 Å². The molecule has 0 aliphatic carbocycles. The second-order valence-electron chi connectivity index (χ2n) is 8.06. The molecule has 1 fully saturated rings. The second-order valence-corrected chi connectivity index (χ2v) is 8.06. The normalized spacial score (nSPS) is 17.1. The highest BCUT2D eigenvalue weighted by molar-refractivity contribution is 6.04. The van der Waals surface area contributed by atoms with Crippen LogP contribution >= 0.6 is 0 Å².